The first-order valence-corrected chi connectivity index (χ1v) is 5.89. The number of nitrogens with zero attached hydrogens (tertiary/aromatic N) is 2. The summed E-state index contributed by atoms with van der Waals surface area (Å²) in [4.78, 5) is 15.6. The van der Waals surface area contributed by atoms with Gasteiger partial charge < -0.3 is 11.2 Å². The average molecular weight is 252 g/mol. The summed E-state index contributed by atoms with van der Waals surface area (Å²) in [6.07, 6.45) is 4.31. The van der Waals surface area contributed by atoms with Gasteiger partial charge >= 0.3 is 0 Å². The number of rotatable bonds is 2. The second kappa shape index (κ2) is 4.53. The average Bonchev–Trinajstić information content (AvgIpc) is 2.74. The lowest BCUT2D eigenvalue weighted by molar-refractivity contribution is -0.110. The van der Waals surface area contributed by atoms with Crippen LogP contribution < -0.4 is 11.2 Å². The lowest BCUT2D eigenvalue weighted by Gasteiger charge is -2.04. The van der Waals surface area contributed by atoms with Gasteiger partial charge in [-0.1, -0.05) is 6.07 Å². The van der Waals surface area contributed by atoms with E-state index in [9.17, 15) is 4.79 Å². The molecule has 0 bridgehead atoms. The van der Waals surface area contributed by atoms with Crippen LogP contribution in [0.4, 0.5) is 5.69 Å². The van der Waals surface area contributed by atoms with Crippen LogP contribution in [0.25, 0.3) is 0 Å². The number of aromatic nitrogens is 1. The van der Waals surface area contributed by atoms with Crippen LogP contribution in [-0.2, 0) is 11.2 Å². The summed E-state index contributed by atoms with van der Waals surface area (Å²) in [6.45, 7) is 0. The summed E-state index contributed by atoms with van der Waals surface area (Å²) < 4.78 is 0. The Bertz CT molecular complexity index is 664. The molecule has 0 fully saturated rings. The number of hydrogen-bond acceptors (Lipinski definition) is 4. The number of hydrazone groups is 1. The van der Waals surface area contributed by atoms with Gasteiger partial charge in [0.1, 0.15) is 0 Å². The van der Waals surface area contributed by atoms with E-state index in [-0.39, 0.29) is 11.6 Å². The van der Waals surface area contributed by atoms with Crippen molar-refractivity contribution in [3.05, 3.63) is 59.4 Å². The molecule has 1 aromatic heterocycles. The van der Waals surface area contributed by atoms with Crippen molar-refractivity contribution in [1.29, 1.82) is 0 Å². The van der Waals surface area contributed by atoms with Crippen molar-refractivity contribution >= 4 is 17.3 Å². The smallest absolute Gasteiger partial charge is 0.276 e. The molecule has 2 heterocycles. The molecule has 1 aliphatic rings. The summed E-state index contributed by atoms with van der Waals surface area (Å²) in [5.41, 5.74) is 4.07. The highest BCUT2D eigenvalue weighted by Crippen LogP contribution is 2.25. The molecule has 0 spiro atoms. The Hall–Kier alpha value is -2.69. The minimum Gasteiger partial charge on any atom is -0.322 e. The first-order valence-electron chi connectivity index (χ1n) is 5.89. The van der Waals surface area contributed by atoms with Gasteiger partial charge in [0.05, 0.1) is 5.69 Å². The molecular weight excluding hydrogens is 240 g/mol. The van der Waals surface area contributed by atoms with E-state index in [1.54, 1.807) is 12.4 Å². The van der Waals surface area contributed by atoms with Gasteiger partial charge in [0.25, 0.3) is 5.91 Å². The number of hydrogen-bond donors (Lipinski definition) is 2. The van der Waals surface area contributed by atoms with E-state index >= 15 is 0 Å². The monoisotopic (exact) mass is 252 g/mol. The van der Waals surface area contributed by atoms with E-state index in [2.05, 4.69) is 15.4 Å². The zero-order valence-electron chi connectivity index (χ0n) is 10.1. The third-order valence-electron chi connectivity index (χ3n) is 3.09. The first-order chi connectivity index (χ1) is 9.28. The summed E-state index contributed by atoms with van der Waals surface area (Å²) in [5, 5.41) is 6.28. The Morgan fingerprint density at radius 3 is 2.68 bits per heavy atom. The van der Waals surface area contributed by atoms with Crippen LogP contribution >= 0.6 is 0 Å². The number of amides is 1. The van der Waals surface area contributed by atoms with Crippen molar-refractivity contribution < 1.29 is 4.79 Å². The summed E-state index contributed by atoms with van der Waals surface area (Å²) >= 11 is 0. The highest BCUT2D eigenvalue weighted by Gasteiger charge is 2.25. The van der Waals surface area contributed by atoms with Crippen molar-refractivity contribution in [3.8, 4) is 0 Å². The maximum absolute atomic E-state index is 11.6. The van der Waals surface area contributed by atoms with Crippen LogP contribution in [0.3, 0.4) is 0 Å². The molecular formula is C14H12N4O. The fourth-order valence-corrected chi connectivity index (χ4v) is 2.17. The predicted octanol–water partition coefficient (Wildman–Crippen LogP) is 1.29. The summed E-state index contributed by atoms with van der Waals surface area (Å²) in [5.74, 6) is 5.01. The highest BCUT2D eigenvalue weighted by atomic mass is 16.2. The van der Waals surface area contributed by atoms with E-state index in [0.29, 0.717) is 0 Å². The fraction of sp³-hybridized carbons (Fsp3) is 0.0714. The molecule has 3 N–H and O–H groups in total. The lowest BCUT2D eigenvalue weighted by atomic mass is 10.0. The summed E-state index contributed by atoms with van der Waals surface area (Å²) in [6, 6.07) is 9.74. The molecule has 0 atom stereocenters. The molecule has 5 nitrogen and oxygen atoms in total. The molecule has 2 aromatic rings. The molecule has 0 unspecified atom stereocenters. The van der Waals surface area contributed by atoms with Crippen LogP contribution in [0.2, 0.25) is 0 Å². The molecule has 0 aliphatic carbocycles. The maximum atomic E-state index is 11.6. The second-order valence-corrected chi connectivity index (χ2v) is 4.34. The largest absolute Gasteiger partial charge is 0.322 e. The Morgan fingerprint density at radius 1 is 1.16 bits per heavy atom. The van der Waals surface area contributed by atoms with Crippen molar-refractivity contribution in [1.82, 2.24) is 4.98 Å². The Kier molecular flexibility index (Phi) is 2.72. The van der Waals surface area contributed by atoms with Crippen LogP contribution in [-0.4, -0.2) is 16.6 Å². The van der Waals surface area contributed by atoms with Crippen molar-refractivity contribution in [2.24, 2.45) is 10.9 Å². The third-order valence-corrected chi connectivity index (χ3v) is 3.09. The maximum Gasteiger partial charge on any atom is 0.276 e. The van der Waals surface area contributed by atoms with E-state index in [0.717, 1.165) is 23.2 Å². The van der Waals surface area contributed by atoms with E-state index in [1.807, 2.05) is 30.3 Å². The van der Waals surface area contributed by atoms with Crippen LogP contribution in [0, 0.1) is 0 Å². The molecule has 1 aromatic carbocycles. The fourth-order valence-electron chi connectivity index (χ4n) is 2.17. The molecule has 0 radical (unpaired) electrons. The number of carbonyl (C=O) groups is 1. The Balaban J connectivity index is 1.95. The molecule has 0 saturated heterocycles. The zero-order valence-corrected chi connectivity index (χ0v) is 10.1. The molecule has 19 heavy (non-hydrogen) atoms. The molecule has 1 aliphatic heterocycles. The Labute approximate surface area is 110 Å². The van der Waals surface area contributed by atoms with Gasteiger partial charge in [0, 0.05) is 18.0 Å². The number of fused-ring (bicyclic) bond motifs is 1. The molecule has 3 rings (SSSR count). The first kappa shape index (κ1) is 11.4. The minimum atomic E-state index is -0.251. The van der Waals surface area contributed by atoms with Gasteiger partial charge in [-0.3, -0.25) is 9.78 Å². The van der Waals surface area contributed by atoms with Crippen molar-refractivity contribution in [2.75, 3.05) is 5.32 Å². The number of anilines is 1. The quantitative estimate of drug-likeness (QED) is 0.624. The number of carbonyl (C=O) groups excluding carboxylic acids is 1. The van der Waals surface area contributed by atoms with E-state index in [4.69, 9.17) is 5.84 Å². The minimum absolute atomic E-state index is 0.251. The Morgan fingerprint density at radius 2 is 1.95 bits per heavy atom. The van der Waals surface area contributed by atoms with Crippen LogP contribution in [0.5, 0.6) is 0 Å². The van der Waals surface area contributed by atoms with Crippen molar-refractivity contribution in [2.45, 2.75) is 6.42 Å². The second-order valence-electron chi connectivity index (χ2n) is 4.34. The van der Waals surface area contributed by atoms with Gasteiger partial charge in [-0.05, 0) is 41.8 Å². The SMILES string of the molecule is N/N=C1\C(=O)Nc2ccc(Cc3ccncc3)cc21. The van der Waals surface area contributed by atoms with Crippen LogP contribution in [0.1, 0.15) is 16.7 Å². The topological polar surface area (TPSA) is 80.4 Å². The van der Waals surface area contributed by atoms with Gasteiger partial charge in [0.2, 0.25) is 0 Å². The van der Waals surface area contributed by atoms with Crippen LogP contribution in [0.15, 0.2) is 47.8 Å². The lowest BCUT2D eigenvalue weighted by Crippen LogP contribution is -2.15. The molecule has 5 heteroatoms. The standard InChI is InChI=1S/C14H12N4O/c15-18-13-11-8-10(1-2-12(11)17-14(13)19)7-9-3-5-16-6-4-9/h1-6,8H,7,15H2,(H,17,18,19). The normalized spacial score (nSPS) is 15.4. The number of nitrogens with one attached hydrogen (secondary N) is 1. The highest BCUT2D eigenvalue weighted by molar-refractivity contribution is 6.53. The zero-order chi connectivity index (χ0) is 13.2. The third kappa shape index (κ3) is 2.06. The van der Waals surface area contributed by atoms with Gasteiger partial charge in [-0.25, -0.2) is 0 Å². The molecule has 0 saturated carbocycles. The number of benzene rings is 1. The van der Waals surface area contributed by atoms with Gasteiger partial charge in [-0.15, -0.1) is 0 Å². The van der Waals surface area contributed by atoms with E-state index < -0.39 is 0 Å². The molecule has 94 valence electrons. The predicted molar refractivity (Wildman–Crippen MR) is 72.8 cm³/mol. The molecule has 1 amide bonds. The van der Waals surface area contributed by atoms with Gasteiger partial charge in [0.15, 0.2) is 5.71 Å². The van der Waals surface area contributed by atoms with E-state index in [1.165, 1.54) is 5.56 Å². The number of nitrogens with two attached hydrogens (primary N) is 1. The number of pyridine rings is 1. The van der Waals surface area contributed by atoms with Crippen molar-refractivity contribution in [3.63, 3.8) is 0 Å². The summed E-state index contributed by atoms with van der Waals surface area (Å²) in [7, 11) is 0. The van der Waals surface area contributed by atoms with Gasteiger partial charge in [-0.2, -0.15) is 5.10 Å².